The molecule has 1 aliphatic heterocycles. The largest absolute Gasteiger partial charge is 0.493 e. The van der Waals surface area contributed by atoms with E-state index in [1.807, 2.05) is 0 Å². The fraction of sp³-hybridized carbons (Fsp3) is 0.591. The van der Waals surface area contributed by atoms with Gasteiger partial charge in [-0.25, -0.2) is 4.79 Å². The predicted octanol–water partition coefficient (Wildman–Crippen LogP) is 3.34. The molecular formula is C22H30ClNO7. The summed E-state index contributed by atoms with van der Waals surface area (Å²) >= 11 is 6.28. The molecule has 0 spiro atoms. The molecule has 0 unspecified atom stereocenters. The molecule has 1 amide bonds. The minimum atomic E-state index is -0.688. The Balaban J connectivity index is 1.92. The summed E-state index contributed by atoms with van der Waals surface area (Å²) < 4.78 is 20.9. The SMILES string of the molecule is COC(=O)C1CCN(C(=O)COC(=O)c2cc(Cl)c(OCCC(C)C)c(OC)c2)CC1. The van der Waals surface area contributed by atoms with Crippen LogP contribution in [0.2, 0.25) is 5.02 Å². The van der Waals surface area contributed by atoms with E-state index in [2.05, 4.69) is 13.8 Å². The van der Waals surface area contributed by atoms with Gasteiger partial charge in [0.1, 0.15) is 0 Å². The molecule has 0 atom stereocenters. The van der Waals surface area contributed by atoms with Crippen molar-refractivity contribution in [3.63, 3.8) is 0 Å². The van der Waals surface area contributed by atoms with Crippen LogP contribution in [-0.2, 0) is 19.1 Å². The molecule has 1 aromatic carbocycles. The third kappa shape index (κ3) is 7.02. The Morgan fingerprint density at radius 2 is 1.84 bits per heavy atom. The standard InChI is InChI=1S/C22H30ClNO7/c1-14(2)7-10-30-20-17(23)11-16(12-18(20)28-3)22(27)31-13-19(25)24-8-5-15(6-9-24)21(26)29-4/h11-12,14-15H,5-10,13H2,1-4H3. The number of halogens is 1. The maximum absolute atomic E-state index is 12.4. The van der Waals surface area contributed by atoms with Crippen LogP contribution in [-0.4, -0.2) is 63.3 Å². The van der Waals surface area contributed by atoms with Gasteiger partial charge in [-0.1, -0.05) is 25.4 Å². The lowest BCUT2D eigenvalue weighted by Crippen LogP contribution is -2.42. The summed E-state index contributed by atoms with van der Waals surface area (Å²) in [6, 6.07) is 2.91. The number of methoxy groups -OCH3 is 2. The molecule has 0 radical (unpaired) electrons. The highest BCUT2D eigenvalue weighted by molar-refractivity contribution is 6.32. The summed E-state index contributed by atoms with van der Waals surface area (Å²) in [6.45, 7) is 5.08. The molecule has 0 aliphatic carbocycles. The number of amides is 1. The number of likely N-dealkylation sites (tertiary alicyclic amines) is 1. The zero-order chi connectivity index (χ0) is 23.0. The minimum Gasteiger partial charge on any atom is -0.493 e. The molecule has 9 heteroatoms. The lowest BCUT2D eigenvalue weighted by atomic mass is 9.97. The molecule has 1 fully saturated rings. The Morgan fingerprint density at radius 1 is 1.16 bits per heavy atom. The van der Waals surface area contributed by atoms with Gasteiger partial charge in [-0.15, -0.1) is 0 Å². The van der Waals surface area contributed by atoms with Gasteiger partial charge in [-0.05, 0) is 37.3 Å². The van der Waals surface area contributed by atoms with Crippen LogP contribution in [0.25, 0.3) is 0 Å². The maximum atomic E-state index is 12.4. The van der Waals surface area contributed by atoms with Crippen LogP contribution >= 0.6 is 11.6 Å². The van der Waals surface area contributed by atoms with Gasteiger partial charge in [0.2, 0.25) is 0 Å². The number of carbonyl (C=O) groups excluding carboxylic acids is 3. The van der Waals surface area contributed by atoms with E-state index in [0.717, 1.165) is 6.42 Å². The average Bonchev–Trinajstić information content (AvgIpc) is 2.77. The molecule has 1 aliphatic rings. The highest BCUT2D eigenvalue weighted by Gasteiger charge is 2.28. The van der Waals surface area contributed by atoms with Gasteiger partial charge in [0.25, 0.3) is 5.91 Å². The molecule has 172 valence electrons. The van der Waals surface area contributed by atoms with Crippen molar-refractivity contribution < 1.29 is 33.3 Å². The lowest BCUT2D eigenvalue weighted by Gasteiger charge is -2.30. The van der Waals surface area contributed by atoms with E-state index in [4.69, 9.17) is 30.5 Å². The van der Waals surface area contributed by atoms with Crippen molar-refractivity contribution in [1.29, 1.82) is 0 Å². The zero-order valence-electron chi connectivity index (χ0n) is 18.4. The number of rotatable bonds is 9. The van der Waals surface area contributed by atoms with Gasteiger partial charge >= 0.3 is 11.9 Å². The van der Waals surface area contributed by atoms with E-state index < -0.39 is 12.6 Å². The van der Waals surface area contributed by atoms with Gasteiger partial charge < -0.3 is 23.8 Å². The smallest absolute Gasteiger partial charge is 0.338 e. The predicted molar refractivity (Wildman–Crippen MR) is 115 cm³/mol. The molecule has 1 aromatic rings. The average molecular weight is 456 g/mol. The fourth-order valence-corrected chi connectivity index (χ4v) is 3.47. The first-order valence-corrected chi connectivity index (χ1v) is 10.7. The Bertz CT molecular complexity index is 788. The van der Waals surface area contributed by atoms with Crippen LogP contribution in [0.3, 0.4) is 0 Å². The van der Waals surface area contributed by atoms with E-state index in [-0.39, 0.29) is 28.4 Å². The number of hydrogen-bond donors (Lipinski definition) is 0. The van der Waals surface area contributed by atoms with E-state index in [1.54, 1.807) is 4.90 Å². The van der Waals surface area contributed by atoms with Gasteiger partial charge in [0.05, 0.1) is 37.3 Å². The van der Waals surface area contributed by atoms with Crippen LogP contribution in [0.15, 0.2) is 12.1 Å². The number of benzene rings is 1. The molecular weight excluding hydrogens is 426 g/mol. The molecule has 2 rings (SSSR count). The summed E-state index contributed by atoms with van der Waals surface area (Å²) in [5, 5.41) is 0.228. The van der Waals surface area contributed by atoms with Crippen LogP contribution in [0, 0.1) is 11.8 Å². The number of ether oxygens (including phenoxy) is 4. The summed E-state index contributed by atoms with van der Waals surface area (Å²) in [5.74, 6) is -0.309. The number of hydrogen-bond acceptors (Lipinski definition) is 7. The van der Waals surface area contributed by atoms with Gasteiger partial charge in [-0.2, -0.15) is 0 Å². The summed E-state index contributed by atoms with van der Waals surface area (Å²) in [5.41, 5.74) is 0.162. The van der Waals surface area contributed by atoms with Crippen LogP contribution < -0.4 is 9.47 Å². The van der Waals surface area contributed by atoms with Crippen LogP contribution in [0.5, 0.6) is 11.5 Å². The summed E-state index contributed by atoms with van der Waals surface area (Å²) in [4.78, 5) is 38.0. The molecule has 1 heterocycles. The van der Waals surface area contributed by atoms with Crippen molar-refractivity contribution in [3.8, 4) is 11.5 Å². The molecule has 1 saturated heterocycles. The minimum absolute atomic E-state index is 0.162. The van der Waals surface area contributed by atoms with Crippen molar-refractivity contribution in [2.45, 2.75) is 33.1 Å². The highest BCUT2D eigenvalue weighted by atomic mass is 35.5. The van der Waals surface area contributed by atoms with E-state index in [9.17, 15) is 14.4 Å². The molecule has 0 N–H and O–H groups in total. The third-order valence-corrected chi connectivity index (χ3v) is 5.40. The summed E-state index contributed by atoms with van der Waals surface area (Å²) in [7, 11) is 2.81. The normalized spacial score (nSPS) is 14.3. The Hall–Kier alpha value is -2.48. The monoisotopic (exact) mass is 455 g/mol. The quantitative estimate of drug-likeness (QED) is 0.527. The number of piperidine rings is 1. The summed E-state index contributed by atoms with van der Waals surface area (Å²) in [6.07, 6.45) is 1.90. The van der Waals surface area contributed by atoms with Crippen molar-refractivity contribution in [1.82, 2.24) is 4.90 Å². The molecule has 31 heavy (non-hydrogen) atoms. The third-order valence-electron chi connectivity index (χ3n) is 5.12. The van der Waals surface area contributed by atoms with Crippen LogP contribution in [0.4, 0.5) is 0 Å². The van der Waals surface area contributed by atoms with Crippen molar-refractivity contribution >= 4 is 29.4 Å². The number of esters is 2. The maximum Gasteiger partial charge on any atom is 0.338 e. The molecule has 8 nitrogen and oxygen atoms in total. The zero-order valence-corrected chi connectivity index (χ0v) is 19.2. The van der Waals surface area contributed by atoms with E-state index in [0.29, 0.717) is 50.0 Å². The highest BCUT2D eigenvalue weighted by Crippen LogP contribution is 2.37. The van der Waals surface area contributed by atoms with Crippen LogP contribution in [0.1, 0.15) is 43.5 Å². The number of carbonyl (C=O) groups is 3. The van der Waals surface area contributed by atoms with E-state index in [1.165, 1.54) is 26.4 Å². The fourth-order valence-electron chi connectivity index (χ4n) is 3.21. The van der Waals surface area contributed by atoms with Crippen molar-refractivity contribution in [3.05, 3.63) is 22.7 Å². The first-order valence-electron chi connectivity index (χ1n) is 10.3. The molecule has 0 saturated carbocycles. The van der Waals surface area contributed by atoms with Gasteiger partial charge in [-0.3, -0.25) is 9.59 Å². The van der Waals surface area contributed by atoms with Gasteiger partial charge in [0.15, 0.2) is 18.1 Å². The molecule has 0 bridgehead atoms. The first-order chi connectivity index (χ1) is 14.8. The van der Waals surface area contributed by atoms with Crippen molar-refractivity contribution in [2.75, 3.05) is 40.5 Å². The second-order valence-corrected chi connectivity index (χ2v) is 8.18. The van der Waals surface area contributed by atoms with E-state index >= 15 is 0 Å². The number of nitrogens with zero attached hydrogens (tertiary/aromatic N) is 1. The Morgan fingerprint density at radius 3 is 2.42 bits per heavy atom. The lowest BCUT2D eigenvalue weighted by molar-refractivity contribution is -0.149. The Labute approximate surface area is 187 Å². The Kier molecular flexibility index (Phi) is 9.43. The van der Waals surface area contributed by atoms with Gasteiger partial charge in [0, 0.05) is 13.1 Å². The second kappa shape index (κ2) is 11.8. The topological polar surface area (TPSA) is 91.4 Å². The van der Waals surface area contributed by atoms with Crippen molar-refractivity contribution in [2.24, 2.45) is 11.8 Å². The first kappa shape index (κ1) is 24.8. The second-order valence-electron chi connectivity index (χ2n) is 7.77. The molecule has 0 aromatic heterocycles.